The molecule has 0 radical (unpaired) electrons. The van der Waals surface area contributed by atoms with Crippen LogP contribution < -0.4 is 16.0 Å². The minimum Gasteiger partial charge on any atom is -0.391 e. The van der Waals surface area contributed by atoms with Crippen LogP contribution in [-0.4, -0.2) is 55.8 Å². The molecule has 0 spiro atoms. The van der Waals surface area contributed by atoms with Crippen molar-refractivity contribution >= 4 is 23.1 Å². The number of hydrogen-bond donors (Lipinski definition) is 3. The topological polar surface area (TPSA) is 122 Å². The predicted molar refractivity (Wildman–Crippen MR) is 100 cm³/mol. The highest BCUT2D eigenvalue weighted by atomic mass is 16.3. The number of nitrogens with zero attached hydrogens (tertiary/aromatic N) is 5. The van der Waals surface area contributed by atoms with E-state index >= 15 is 0 Å². The molecule has 1 amide bonds. The van der Waals surface area contributed by atoms with E-state index in [-0.39, 0.29) is 18.4 Å². The third-order valence-corrected chi connectivity index (χ3v) is 4.75. The molecular formula is C18H21N7O2. The Bertz CT molecular complexity index is 958. The van der Waals surface area contributed by atoms with Gasteiger partial charge in [-0.2, -0.15) is 5.10 Å². The molecule has 1 fully saturated rings. The lowest BCUT2D eigenvalue weighted by Crippen LogP contribution is -2.41. The maximum atomic E-state index is 12.4. The van der Waals surface area contributed by atoms with Crippen LogP contribution in [0.2, 0.25) is 0 Å². The zero-order chi connectivity index (χ0) is 18.8. The number of aliphatic hydroxyl groups is 1. The van der Waals surface area contributed by atoms with Crippen molar-refractivity contribution in [1.29, 1.82) is 0 Å². The molecule has 0 aliphatic carbocycles. The van der Waals surface area contributed by atoms with Crippen molar-refractivity contribution in [2.75, 3.05) is 23.7 Å². The number of fused-ring (bicyclic) bond motifs is 1. The van der Waals surface area contributed by atoms with E-state index in [0.717, 1.165) is 11.1 Å². The summed E-state index contributed by atoms with van der Waals surface area (Å²) in [5, 5.41) is 17.3. The summed E-state index contributed by atoms with van der Waals surface area (Å²) in [5.41, 5.74) is 7.53. The monoisotopic (exact) mass is 367 g/mol. The van der Waals surface area contributed by atoms with Crippen molar-refractivity contribution in [3.05, 3.63) is 48.5 Å². The molecule has 4 rings (SSSR count). The largest absolute Gasteiger partial charge is 0.391 e. The van der Waals surface area contributed by atoms with Crippen molar-refractivity contribution in [3.8, 4) is 0 Å². The van der Waals surface area contributed by atoms with Gasteiger partial charge in [0.2, 0.25) is 5.91 Å². The number of carbonyl (C=O) groups excluding carboxylic acids is 1. The molecule has 27 heavy (non-hydrogen) atoms. The molecule has 2 atom stereocenters. The third-order valence-electron chi connectivity index (χ3n) is 4.75. The van der Waals surface area contributed by atoms with Crippen LogP contribution in [0, 0.1) is 0 Å². The Balaban J connectivity index is 1.40. The molecule has 140 valence electrons. The van der Waals surface area contributed by atoms with Gasteiger partial charge in [-0.1, -0.05) is 6.07 Å². The van der Waals surface area contributed by atoms with Crippen LogP contribution in [-0.2, 0) is 11.2 Å². The summed E-state index contributed by atoms with van der Waals surface area (Å²) in [7, 11) is 0. The number of anilines is 2. The SMILES string of the molecule is Nc1cc(N2C[C@H](O)C[C@@H]2CNC(=O)Cc2cnn3ccccc23)ncn1. The van der Waals surface area contributed by atoms with E-state index in [4.69, 9.17) is 5.73 Å². The average molecular weight is 367 g/mol. The minimum absolute atomic E-state index is 0.0536. The summed E-state index contributed by atoms with van der Waals surface area (Å²) in [6, 6.07) is 7.37. The van der Waals surface area contributed by atoms with Gasteiger partial charge >= 0.3 is 0 Å². The summed E-state index contributed by atoms with van der Waals surface area (Å²) in [5.74, 6) is 0.940. The molecule has 4 N–H and O–H groups in total. The summed E-state index contributed by atoms with van der Waals surface area (Å²) in [4.78, 5) is 22.5. The molecule has 4 heterocycles. The molecule has 3 aromatic heterocycles. The van der Waals surface area contributed by atoms with E-state index in [0.29, 0.717) is 31.1 Å². The molecule has 1 saturated heterocycles. The van der Waals surface area contributed by atoms with E-state index in [2.05, 4.69) is 20.4 Å². The Kier molecular flexibility index (Phi) is 4.59. The predicted octanol–water partition coefficient (Wildman–Crippen LogP) is 0.00500. The van der Waals surface area contributed by atoms with E-state index in [1.807, 2.05) is 29.3 Å². The first-order valence-electron chi connectivity index (χ1n) is 8.80. The van der Waals surface area contributed by atoms with Crippen LogP contribution >= 0.6 is 0 Å². The molecule has 9 nitrogen and oxygen atoms in total. The van der Waals surface area contributed by atoms with Gasteiger partial charge in [-0.05, 0) is 18.6 Å². The fourth-order valence-corrected chi connectivity index (χ4v) is 3.48. The number of aromatic nitrogens is 4. The lowest BCUT2D eigenvalue weighted by atomic mass is 10.1. The summed E-state index contributed by atoms with van der Waals surface area (Å²) >= 11 is 0. The molecule has 9 heteroatoms. The quantitative estimate of drug-likeness (QED) is 0.580. The number of pyridine rings is 1. The van der Waals surface area contributed by atoms with Gasteiger partial charge in [0.1, 0.15) is 18.0 Å². The van der Waals surface area contributed by atoms with Gasteiger partial charge in [-0.15, -0.1) is 0 Å². The zero-order valence-corrected chi connectivity index (χ0v) is 14.7. The van der Waals surface area contributed by atoms with Crippen LogP contribution in [0.4, 0.5) is 11.6 Å². The van der Waals surface area contributed by atoms with Crippen LogP contribution in [0.15, 0.2) is 43.0 Å². The van der Waals surface area contributed by atoms with Crippen molar-refractivity contribution in [1.82, 2.24) is 24.9 Å². The number of nitrogen functional groups attached to an aromatic ring is 1. The van der Waals surface area contributed by atoms with E-state index in [1.165, 1.54) is 6.33 Å². The first-order valence-corrected chi connectivity index (χ1v) is 8.80. The Morgan fingerprint density at radius 2 is 2.26 bits per heavy atom. The number of β-amino-alcohol motifs (C(OH)–C–C–N with tert-alkyl or cyclic N) is 1. The molecule has 0 aromatic carbocycles. The third kappa shape index (κ3) is 3.68. The number of nitrogens with one attached hydrogen (secondary N) is 1. The molecule has 0 saturated carbocycles. The number of aliphatic hydroxyl groups excluding tert-OH is 1. The second kappa shape index (κ2) is 7.20. The summed E-state index contributed by atoms with van der Waals surface area (Å²) < 4.78 is 1.75. The average Bonchev–Trinajstić information content (AvgIpc) is 3.24. The smallest absolute Gasteiger partial charge is 0.224 e. The molecule has 0 unspecified atom stereocenters. The van der Waals surface area contributed by atoms with Crippen LogP contribution in [0.1, 0.15) is 12.0 Å². The standard InChI is InChI=1S/C18H21N7O2/c19-16-7-17(22-11-21-16)24-10-14(26)6-13(24)9-20-18(27)5-12-8-23-25-4-2-1-3-15(12)25/h1-4,7-8,11,13-14,26H,5-6,9-10H2,(H,20,27)(H2,19,21,22)/t13-,14-/m1/s1. The van der Waals surface area contributed by atoms with E-state index < -0.39 is 6.10 Å². The fraction of sp³-hybridized carbons (Fsp3) is 0.333. The Hall–Kier alpha value is -3.20. The van der Waals surface area contributed by atoms with Gasteiger partial charge < -0.3 is 21.1 Å². The first-order chi connectivity index (χ1) is 13.1. The van der Waals surface area contributed by atoms with Crippen molar-refractivity contribution < 1.29 is 9.90 Å². The van der Waals surface area contributed by atoms with Crippen molar-refractivity contribution in [2.45, 2.75) is 25.0 Å². The number of nitrogens with two attached hydrogens (primary N) is 1. The minimum atomic E-state index is -0.470. The second-order valence-electron chi connectivity index (χ2n) is 6.68. The van der Waals surface area contributed by atoms with Crippen LogP contribution in [0.25, 0.3) is 5.52 Å². The van der Waals surface area contributed by atoms with Crippen molar-refractivity contribution in [3.63, 3.8) is 0 Å². The lowest BCUT2D eigenvalue weighted by molar-refractivity contribution is -0.120. The van der Waals surface area contributed by atoms with E-state index in [9.17, 15) is 9.90 Å². The van der Waals surface area contributed by atoms with Gasteiger partial charge in [-0.25, -0.2) is 14.5 Å². The number of hydrogen-bond acceptors (Lipinski definition) is 7. The number of rotatable bonds is 5. The molecule has 1 aliphatic rings. The Morgan fingerprint density at radius 3 is 3.11 bits per heavy atom. The van der Waals surface area contributed by atoms with Crippen LogP contribution in [0.3, 0.4) is 0 Å². The maximum absolute atomic E-state index is 12.4. The summed E-state index contributed by atoms with van der Waals surface area (Å²) in [6.45, 7) is 0.865. The van der Waals surface area contributed by atoms with Crippen LogP contribution in [0.5, 0.6) is 0 Å². The molecule has 0 bridgehead atoms. The maximum Gasteiger partial charge on any atom is 0.224 e. The normalized spacial score (nSPS) is 19.5. The fourth-order valence-electron chi connectivity index (χ4n) is 3.48. The highest BCUT2D eigenvalue weighted by Gasteiger charge is 2.32. The van der Waals surface area contributed by atoms with Gasteiger partial charge in [0.05, 0.1) is 30.3 Å². The van der Waals surface area contributed by atoms with Gasteiger partial charge in [0.25, 0.3) is 0 Å². The van der Waals surface area contributed by atoms with Gasteiger partial charge in [0.15, 0.2) is 0 Å². The highest BCUT2D eigenvalue weighted by molar-refractivity contribution is 5.81. The van der Waals surface area contributed by atoms with Gasteiger partial charge in [-0.3, -0.25) is 4.79 Å². The van der Waals surface area contributed by atoms with E-state index in [1.54, 1.807) is 16.8 Å². The number of amides is 1. The first kappa shape index (κ1) is 17.2. The molecule has 3 aromatic rings. The lowest BCUT2D eigenvalue weighted by Gasteiger charge is -2.25. The summed E-state index contributed by atoms with van der Waals surface area (Å²) in [6.07, 6.45) is 5.30. The molecule has 1 aliphatic heterocycles. The Morgan fingerprint density at radius 1 is 1.37 bits per heavy atom. The zero-order valence-electron chi connectivity index (χ0n) is 14.7. The second-order valence-corrected chi connectivity index (χ2v) is 6.68. The van der Waals surface area contributed by atoms with Gasteiger partial charge in [0, 0.05) is 30.9 Å². The highest BCUT2D eigenvalue weighted by Crippen LogP contribution is 2.24. The number of carbonyl (C=O) groups is 1. The Labute approximate surface area is 155 Å². The molecular weight excluding hydrogens is 346 g/mol. The van der Waals surface area contributed by atoms with Crippen molar-refractivity contribution in [2.24, 2.45) is 0 Å².